The highest BCUT2D eigenvalue weighted by molar-refractivity contribution is 7.18. The SMILES string of the molecule is CC(C)(C)OC(=O)Nc1nnc(-c2cccc3cnncc23)s1. The van der Waals surface area contributed by atoms with Crippen molar-refractivity contribution in [3.63, 3.8) is 0 Å². The van der Waals surface area contributed by atoms with E-state index in [0.717, 1.165) is 16.3 Å². The standard InChI is InChI=1S/C15H15N5O2S/c1-15(2,3)22-14(21)18-13-20-19-12(23-13)10-6-4-5-9-7-16-17-8-11(9)10/h4-8H,1-3H3,(H,18,20,21). The Kier molecular flexibility index (Phi) is 3.91. The molecule has 2 aromatic heterocycles. The second-order valence-electron chi connectivity index (χ2n) is 5.84. The highest BCUT2D eigenvalue weighted by atomic mass is 32.1. The monoisotopic (exact) mass is 329 g/mol. The van der Waals surface area contributed by atoms with Crippen LogP contribution in [0.5, 0.6) is 0 Å². The van der Waals surface area contributed by atoms with E-state index in [9.17, 15) is 4.79 Å². The molecule has 0 aliphatic heterocycles. The van der Waals surface area contributed by atoms with E-state index in [0.29, 0.717) is 10.1 Å². The first-order valence-electron chi connectivity index (χ1n) is 6.96. The van der Waals surface area contributed by atoms with Crippen molar-refractivity contribution in [2.75, 3.05) is 5.32 Å². The summed E-state index contributed by atoms with van der Waals surface area (Å²) >= 11 is 1.27. The van der Waals surface area contributed by atoms with E-state index >= 15 is 0 Å². The first-order chi connectivity index (χ1) is 10.9. The molecular weight excluding hydrogens is 314 g/mol. The molecule has 1 aromatic carbocycles. The number of nitrogens with zero attached hydrogens (tertiary/aromatic N) is 4. The second-order valence-corrected chi connectivity index (χ2v) is 6.81. The number of carbonyl (C=O) groups is 1. The van der Waals surface area contributed by atoms with Crippen LogP contribution in [0.1, 0.15) is 20.8 Å². The van der Waals surface area contributed by atoms with E-state index in [1.165, 1.54) is 11.3 Å². The van der Waals surface area contributed by atoms with Crippen LogP contribution in [-0.2, 0) is 4.74 Å². The number of fused-ring (bicyclic) bond motifs is 1. The van der Waals surface area contributed by atoms with Gasteiger partial charge in [-0.1, -0.05) is 29.5 Å². The maximum absolute atomic E-state index is 11.8. The molecule has 3 rings (SSSR count). The highest BCUT2D eigenvalue weighted by Gasteiger charge is 2.18. The number of ether oxygens (including phenoxy) is 1. The van der Waals surface area contributed by atoms with Gasteiger partial charge in [0.25, 0.3) is 0 Å². The van der Waals surface area contributed by atoms with Gasteiger partial charge >= 0.3 is 6.09 Å². The number of rotatable bonds is 2. The van der Waals surface area contributed by atoms with E-state index in [-0.39, 0.29) is 0 Å². The molecule has 2 heterocycles. The Labute approximate surface area is 136 Å². The molecule has 0 saturated heterocycles. The van der Waals surface area contributed by atoms with Crippen molar-refractivity contribution in [3.05, 3.63) is 30.6 Å². The molecule has 0 radical (unpaired) electrons. The Balaban J connectivity index is 1.85. The number of aromatic nitrogens is 4. The molecule has 0 aliphatic carbocycles. The van der Waals surface area contributed by atoms with Crippen LogP contribution in [-0.4, -0.2) is 32.1 Å². The quantitative estimate of drug-likeness (QED) is 0.774. The van der Waals surface area contributed by atoms with Crippen molar-refractivity contribution in [1.29, 1.82) is 0 Å². The molecule has 0 bridgehead atoms. The fourth-order valence-corrected chi connectivity index (χ4v) is 2.76. The lowest BCUT2D eigenvalue weighted by Gasteiger charge is -2.18. The predicted molar refractivity (Wildman–Crippen MR) is 88.3 cm³/mol. The number of hydrogen-bond donors (Lipinski definition) is 1. The molecule has 3 aromatic rings. The third kappa shape index (κ3) is 3.59. The van der Waals surface area contributed by atoms with Crippen LogP contribution in [0.4, 0.5) is 9.93 Å². The van der Waals surface area contributed by atoms with E-state index in [2.05, 4.69) is 25.7 Å². The summed E-state index contributed by atoms with van der Waals surface area (Å²) in [4.78, 5) is 11.8. The van der Waals surface area contributed by atoms with Crippen molar-refractivity contribution >= 4 is 33.3 Å². The van der Waals surface area contributed by atoms with Crippen LogP contribution >= 0.6 is 11.3 Å². The zero-order chi connectivity index (χ0) is 16.4. The zero-order valence-corrected chi connectivity index (χ0v) is 13.7. The van der Waals surface area contributed by atoms with Crippen LogP contribution in [0.25, 0.3) is 21.3 Å². The summed E-state index contributed by atoms with van der Waals surface area (Å²) in [5.74, 6) is 0. The van der Waals surface area contributed by atoms with E-state index in [4.69, 9.17) is 4.74 Å². The summed E-state index contributed by atoms with van der Waals surface area (Å²) in [7, 11) is 0. The minimum atomic E-state index is -0.564. The van der Waals surface area contributed by atoms with Gasteiger partial charge in [-0.3, -0.25) is 5.32 Å². The average molecular weight is 329 g/mol. The van der Waals surface area contributed by atoms with Crippen molar-refractivity contribution in [3.8, 4) is 10.6 Å². The Hall–Kier alpha value is -2.61. The third-order valence-corrected chi connectivity index (χ3v) is 3.73. The molecule has 23 heavy (non-hydrogen) atoms. The van der Waals surface area contributed by atoms with Crippen molar-refractivity contribution in [2.24, 2.45) is 0 Å². The summed E-state index contributed by atoms with van der Waals surface area (Å²) in [6.07, 6.45) is 2.83. The van der Waals surface area contributed by atoms with Gasteiger partial charge in [0.05, 0.1) is 12.4 Å². The Morgan fingerprint density at radius 3 is 2.74 bits per heavy atom. The Morgan fingerprint density at radius 1 is 1.17 bits per heavy atom. The molecule has 0 atom stereocenters. The summed E-state index contributed by atoms with van der Waals surface area (Å²) in [5, 5.41) is 21.5. The van der Waals surface area contributed by atoms with Gasteiger partial charge in [-0.25, -0.2) is 4.79 Å². The number of amides is 1. The van der Waals surface area contributed by atoms with Gasteiger partial charge in [0.1, 0.15) is 10.6 Å². The maximum Gasteiger partial charge on any atom is 0.414 e. The summed E-state index contributed by atoms with van der Waals surface area (Å²) in [5.41, 5.74) is 0.332. The second kappa shape index (κ2) is 5.88. The van der Waals surface area contributed by atoms with Gasteiger partial charge in [-0.05, 0) is 20.8 Å². The molecule has 0 unspecified atom stereocenters. The fourth-order valence-electron chi connectivity index (χ4n) is 1.99. The first kappa shape index (κ1) is 15.3. The minimum absolute atomic E-state index is 0.383. The Morgan fingerprint density at radius 2 is 1.96 bits per heavy atom. The van der Waals surface area contributed by atoms with Gasteiger partial charge in [0.15, 0.2) is 0 Å². The maximum atomic E-state index is 11.8. The molecule has 1 amide bonds. The summed E-state index contributed by atoms with van der Waals surface area (Å²) < 4.78 is 5.20. The molecule has 0 aliphatic rings. The lowest BCUT2D eigenvalue weighted by molar-refractivity contribution is 0.0636. The molecule has 0 spiro atoms. The summed E-state index contributed by atoms with van der Waals surface area (Å²) in [6.45, 7) is 5.40. The zero-order valence-electron chi connectivity index (χ0n) is 12.9. The van der Waals surface area contributed by atoms with Crippen LogP contribution in [0.15, 0.2) is 30.6 Å². The van der Waals surface area contributed by atoms with E-state index in [1.807, 2.05) is 18.2 Å². The van der Waals surface area contributed by atoms with Crippen LogP contribution in [0.2, 0.25) is 0 Å². The lowest BCUT2D eigenvalue weighted by atomic mass is 10.1. The average Bonchev–Trinajstić information content (AvgIpc) is 2.92. The smallest absolute Gasteiger partial charge is 0.414 e. The topological polar surface area (TPSA) is 89.9 Å². The van der Waals surface area contributed by atoms with Crippen LogP contribution in [0, 0.1) is 0 Å². The molecule has 118 valence electrons. The number of anilines is 1. The fraction of sp³-hybridized carbons (Fsp3) is 0.267. The molecule has 8 heteroatoms. The number of nitrogens with one attached hydrogen (secondary N) is 1. The molecular formula is C15H15N5O2S. The van der Waals surface area contributed by atoms with E-state index < -0.39 is 11.7 Å². The lowest BCUT2D eigenvalue weighted by Crippen LogP contribution is -2.27. The van der Waals surface area contributed by atoms with Gasteiger partial charge in [0, 0.05) is 16.3 Å². The number of hydrogen-bond acceptors (Lipinski definition) is 7. The molecule has 7 nitrogen and oxygen atoms in total. The van der Waals surface area contributed by atoms with Gasteiger partial charge in [0.2, 0.25) is 5.13 Å². The van der Waals surface area contributed by atoms with Gasteiger partial charge in [-0.2, -0.15) is 10.2 Å². The Bertz CT molecular complexity index is 851. The molecule has 0 fully saturated rings. The van der Waals surface area contributed by atoms with Crippen molar-refractivity contribution in [2.45, 2.75) is 26.4 Å². The first-order valence-corrected chi connectivity index (χ1v) is 7.77. The largest absolute Gasteiger partial charge is 0.444 e. The van der Waals surface area contributed by atoms with Crippen LogP contribution in [0.3, 0.4) is 0 Å². The molecule has 1 N–H and O–H groups in total. The number of benzene rings is 1. The predicted octanol–water partition coefficient (Wildman–Crippen LogP) is 3.50. The van der Waals surface area contributed by atoms with Gasteiger partial charge < -0.3 is 4.74 Å². The van der Waals surface area contributed by atoms with E-state index in [1.54, 1.807) is 33.2 Å². The molecule has 0 saturated carbocycles. The van der Waals surface area contributed by atoms with Crippen molar-refractivity contribution in [1.82, 2.24) is 20.4 Å². The van der Waals surface area contributed by atoms with Crippen LogP contribution < -0.4 is 5.32 Å². The summed E-state index contributed by atoms with van der Waals surface area (Å²) in [6, 6.07) is 5.80. The minimum Gasteiger partial charge on any atom is -0.444 e. The normalized spacial score (nSPS) is 11.4. The highest BCUT2D eigenvalue weighted by Crippen LogP contribution is 2.31. The third-order valence-electron chi connectivity index (χ3n) is 2.85. The number of carbonyl (C=O) groups excluding carboxylic acids is 1. The van der Waals surface area contributed by atoms with Gasteiger partial charge in [-0.15, -0.1) is 10.2 Å². The van der Waals surface area contributed by atoms with Crippen molar-refractivity contribution < 1.29 is 9.53 Å².